The van der Waals surface area contributed by atoms with Crippen LogP contribution in [0.5, 0.6) is 5.75 Å². The topological polar surface area (TPSA) is 127 Å². The van der Waals surface area contributed by atoms with Gasteiger partial charge in [0, 0.05) is 11.1 Å². The molecule has 2 aromatic heterocycles. The number of hydrogen-bond donors (Lipinski definition) is 5. The van der Waals surface area contributed by atoms with E-state index in [-0.39, 0.29) is 41.8 Å². The highest BCUT2D eigenvalue weighted by atomic mass is 35.5. The minimum atomic E-state index is -0.178. The standard InChI is InChI=1S/C25H24N6O.2ClH/c1-25(2,3)16-6-4-5-15(21(16)32)24-29-18-10-8-14(12-20(18)31-24)23-28-17-9-7-13(22(26)27)11-19(17)30-23;;/h4-12,32H,1-3H3,(H3,26,27)(H,28,30)(H,29,31);2*1H. The second-order valence-electron chi connectivity index (χ2n) is 9.00. The number of aromatic amines is 2. The quantitative estimate of drug-likeness (QED) is 0.157. The maximum Gasteiger partial charge on any atom is 0.142 e. The second-order valence-corrected chi connectivity index (χ2v) is 9.00. The zero-order chi connectivity index (χ0) is 22.6. The van der Waals surface area contributed by atoms with Gasteiger partial charge in [-0.25, -0.2) is 9.97 Å². The lowest BCUT2D eigenvalue weighted by molar-refractivity contribution is 0.448. The van der Waals surface area contributed by atoms with Crippen molar-refractivity contribution in [3.63, 3.8) is 0 Å². The average Bonchev–Trinajstić information content (AvgIpc) is 3.35. The highest BCUT2D eigenvalue weighted by Crippen LogP contribution is 2.38. The molecule has 0 spiro atoms. The van der Waals surface area contributed by atoms with Gasteiger partial charge in [0.1, 0.15) is 23.2 Å². The first-order chi connectivity index (χ1) is 15.2. The van der Waals surface area contributed by atoms with Gasteiger partial charge in [-0.2, -0.15) is 0 Å². The van der Waals surface area contributed by atoms with E-state index < -0.39 is 0 Å². The molecule has 0 fully saturated rings. The monoisotopic (exact) mass is 496 g/mol. The SMILES string of the molecule is CC(C)(C)c1cccc(-c2nc3ccc(-c4nc5ccc(C(=N)N)cc5[nH]4)cc3[nH]2)c1O.Cl.Cl. The molecule has 6 N–H and O–H groups in total. The lowest BCUT2D eigenvalue weighted by Crippen LogP contribution is -2.11. The van der Waals surface area contributed by atoms with E-state index in [9.17, 15) is 5.11 Å². The average molecular weight is 497 g/mol. The number of nitrogen functional groups attached to an aromatic ring is 1. The molecular formula is C25H26Cl2N6O. The summed E-state index contributed by atoms with van der Waals surface area (Å²) in [5.74, 6) is 1.61. The van der Waals surface area contributed by atoms with Gasteiger partial charge in [0.2, 0.25) is 0 Å². The predicted molar refractivity (Wildman–Crippen MR) is 142 cm³/mol. The number of aromatic nitrogens is 4. The van der Waals surface area contributed by atoms with Crippen molar-refractivity contribution in [3.8, 4) is 28.5 Å². The first-order valence-electron chi connectivity index (χ1n) is 10.4. The van der Waals surface area contributed by atoms with Crippen molar-refractivity contribution in [2.45, 2.75) is 26.2 Å². The third-order valence-electron chi connectivity index (χ3n) is 5.65. The number of nitrogens with one attached hydrogen (secondary N) is 3. The molecule has 0 atom stereocenters. The van der Waals surface area contributed by atoms with Crippen LogP contribution in [0.15, 0.2) is 54.6 Å². The number of halogens is 2. The smallest absolute Gasteiger partial charge is 0.142 e. The Morgan fingerprint density at radius 2 is 1.50 bits per heavy atom. The Labute approximate surface area is 209 Å². The number of nitrogens with two attached hydrogens (primary N) is 1. The molecule has 0 aliphatic carbocycles. The molecule has 0 bridgehead atoms. The Morgan fingerprint density at radius 3 is 2.18 bits per heavy atom. The molecule has 176 valence electrons. The molecule has 0 saturated heterocycles. The molecule has 3 aromatic carbocycles. The summed E-state index contributed by atoms with van der Waals surface area (Å²) >= 11 is 0. The van der Waals surface area contributed by atoms with Gasteiger partial charge < -0.3 is 20.8 Å². The van der Waals surface area contributed by atoms with Crippen LogP contribution in [-0.2, 0) is 5.41 Å². The number of nitrogens with zero attached hydrogens (tertiary/aromatic N) is 2. The summed E-state index contributed by atoms with van der Waals surface area (Å²) in [6.45, 7) is 6.22. The summed E-state index contributed by atoms with van der Waals surface area (Å²) in [4.78, 5) is 16.0. The zero-order valence-electron chi connectivity index (χ0n) is 18.9. The molecule has 0 saturated carbocycles. The van der Waals surface area contributed by atoms with Crippen molar-refractivity contribution in [2.24, 2.45) is 5.73 Å². The summed E-state index contributed by atoms with van der Waals surface area (Å²) in [6.07, 6.45) is 0. The first kappa shape index (κ1) is 25.1. The largest absolute Gasteiger partial charge is 0.507 e. The molecule has 0 radical (unpaired) electrons. The molecule has 5 aromatic rings. The molecule has 9 heteroatoms. The third-order valence-corrected chi connectivity index (χ3v) is 5.65. The van der Waals surface area contributed by atoms with Crippen molar-refractivity contribution in [2.75, 3.05) is 0 Å². The number of amidine groups is 1. The Morgan fingerprint density at radius 1 is 0.882 bits per heavy atom. The van der Waals surface area contributed by atoms with Gasteiger partial charge in [0.15, 0.2) is 0 Å². The van der Waals surface area contributed by atoms with Gasteiger partial charge in [-0.3, -0.25) is 5.41 Å². The van der Waals surface area contributed by atoms with Crippen LogP contribution < -0.4 is 5.73 Å². The highest BCUT2D eigenvalue weighted by molar-refractivity contribution is 5.98. The fraction of sp³-hybridized carbons (Fsp3) is 0.160. The summed E-state index contributed by atoms with van der Waals surface area (Å²) in [7, 11) is 0. The number of hydrogen-bond acceptors (Lipinski definition) is 4. The summed E-state index contributed by atoms with van der Waals surface area (Å²) in [5, 5.41) is 18.5. The Bertz CT molecular complexity index is 1510. The number of para-hydroxylation sites is 1. The lowest BCUT2D eigenvalue weighted by atomic mass is 9.85. The number of imidazole rings is 2. The lowest BCUT2D eigenvalue weighted by Gasteiger charge is -2.21. The van der Waals surface area contributed by atoms with Crippen LogP contribution in [0.3, 0.4) is 0 Å². The van der Waals surface area contributed by atoms with Crippen LogP contribution in [0.25, 0.3) is 44.8 Å². The maximum atomic E-state index is 10.9. The highest BCUT2D eigenvalue weighted by Gasteiger charge is 2.21. The molecule has 5 rings (SSSR count). The third kappa shape index (κ3) is 4.32. The number of H-pyrrole nitrogens is 2. The summed E-state index contributed by atoms with van der Waals surface area (Å²) in [5.41, 5.74) is 11.8. The number of rotatable bonds is 3. The molecule has 0 aliphatic rings. The zero-order valence-corrected chi connectivity index (χ0v) is 20.6. The Balaban J connectivity index is 0.00000162. The van der Waals surface area contributed by atoms with Crippen LogP contribution >= 0.6 is 24.8 Å². The molecule has 0 amide bonds. The minimum Gasteiger partial charge on any atom is -0.507 e. The van der Waals surface area contributed by atoms with Crippen LogP contribution in [0.4, 0.5) is 0 Å². The fourth-order valence-corrected chi connectivity index (χ4v) is 3.94. The van der Waals surface area contributed by atoms with E-state index in [1.165, 1.54) is 0 Å². The van der Waals surface area contributed by atoms with Gasteiger partial charge in [0.05, 0.1) is 27.6 Å². The van der Waals surface area contributed by atoms with Crippen molar-refractivity contribution < 1.29 is 5.11 Å². The maximum absolute atomic E-state index is 10.9. The summed E-state index contributed by atoms with van der Waals surface area (Å²) < 4.78 is 0. The van der Waals surface area contributed by atoms with Crippen LogP contribution in [0.1, 0.15) is 31.9 Å². The number of aromatic hydroxyl groups is 1. The second kappa shape index (κ2) is 9.00. The molecule has 7 nitrogen and oxygen atoms in total. The number of fused-ring (bicyclic) bond motifs is 2. The van der Waals surface area contributed by atoms with E-state index in [4.69, 9.17) is 16.1 Å². The van der Waals surface area contributed by atoms with Gasteiger partial charge in [0.25, 0.3) is 0 Å². The van der Waals surface area contributed by atoms with Gasteiger partial charge in [-0.15, -0.1) is 24.8 Å². The number of phenols is 1. The van der Waals surface area contributed by atoms with Crippen molar-refractivity contribution in [1.29, 1.82) is 5.41 Å². The van der Waals surface area contributed by atoms with Crippen molar-refractivity contribution in [1.82, 2.24) is 19.9 Å². The van der Waals surface area contributed by atoms with Crippen LogP contribution in [0.2, 0.25) is 0 Å². The summed E-state index contributed by atoms with van der Waals surface area (Å²) in [6, 6.07) is 17.1. The van der Waals surface area contributed by atoms with Crippen LogP contribution in [0, 0.1) is 5.41 Å². The molecule has 34 heavy (non-hydrogen) atoms. The van der Waals surface area contributed by atoms with Crippen molar-refractivity contribution >= 4 is 52.7 Å². The normalized spacial score (nSPS) is 11.3. The van der Waals surface area contributed by atoms with Gasteiger partial charge in [-0.1, -0.05) is 32.9 Å². The van der Waals surface area contributed by atoms with E-state index in [1.807, 2.05) is 48.5 Å². The first-order valence-corrected chi connectivity index (χ1v) is 10.4. The number of phenolic OH excluding ortho intramolecular Hbond substituents is 1. The fourth-order valence-electron chi connectivity index (χ4n) is 3.94. The van der Waals surface area contributed by atoms with Gasteiger partial charge >= 0.3 is 0 Å². The van der Waals surface area contributed by atoms with Crippen LogP contribution in [-0.4, -0.2) is 30.9 Å². The Kier molecular flexibility index (Phi) is 6.64. The van der Waals surface area contributed by atoms with Crippen molar-refractivity contribution in [3.05, 3.63) is 65.7 Å². The number of benzene rings is 3. The molecule has 0 unspecified atom stereocenters. The minimum absolute atomic E-state index is 0. The van der Waals surface area contributed by atoms with E-state index in [2.05, 4.69) is 35.7 Å². The van der Waals surface area contributed by atoms with E-state index in [0.717, 1.165) is 39.0 Å². The molecule has 2 heterocycles. The molecular weight excluding hydrogens is 471 g/mol. The van der Waals surface area contributed by atoms with Gasteiger partial charge in [-0.05, 0) is 53.4 Å². The predicted octanol–water partition coefficient (Wildman–Crippen LogP) is 5.90. The molecule has 0 aliphatic heterocycles. The van der Waals surface area contributed by atoms with E-state index in [1.54, 1.807) is 6.07 Å². The Hall–Kier alpha value is -3.55. The van der Waals surface area contributed by atoms with E-state index in [0.29, 0.717) is 17.0 Å². The van der Waals surface area contributed by atoms with E-state index >= 15 is 0 Å².